The van der Waals surface area contributed by atoms with Crippen LogP contribution < -0.4 is 5.56 Å². The first kappa shape index (κ1) is 12.3. The van der Waals surface area contributed by atoms with Crippen LogP contribution in [0.15, 0.2) is 29.1 Å². The highest BCUT2D eigenvalue weighted by Crippen LogP contribution is 2.11. The average Bonchev–Trinajstić information content (AvgIpc) is 2.34. The van der Waals surface area contributed by atoms with Crippen LogP contribution in [0.1, 0.15) is 5.82 Å². The van der Waals surface area contributed by atoms with Crippen LogP contribution in [-0.2, 0) is 11.3 Å². The van der Waals surface area contributed by atoms with Gasteiger partial charge in [0.15, 0.2) is 0 Å². The van der Waals surface area contributed by atoms with E-state index in [0.29, 0.717) is 11.2 Å². The lowest BCUT2D eigenvalue weighted by Crippen LogP contribution is -2.28. The van der Waals surface area contributed by atoms with Crippen molar-refractivity contribution in [3.8, 4) is 0 Å². The summed E-state index contributed by atoms with van der Waals surface area (Å²) in [6.07, 6.45) is 0. The van der Waals surface area contributed by atoms with E-state index in [1.54, 1.807) is 37.7 Å². The molecule has 0 spiro atoms. The molecule has 0 aliphatic rings. The Morgan fingerprint density at radius 2 is 2.00 bits per heavy atom. The molecule has 0 fully saturated rings. The number of nitrogens with zero attached hydrogens (tertiary/aromatic N) is 3. The van der Waals surface area contributed by atoms with Crippen molar-refractivity contribution < 1.29 is 4.79 Å². The number of carbonyl (C=O) groups excluding carboxylic acids is 1. The van der Waals surface area contributed by atoms with Gasteiger partial charge in [-0.2, -0.15) is 4.98 Å². The van der Waals surface area contributed by atoms with Crippen LogP contribution in [-0.4, -0.2) is 34.5 Å². The van der Waals surface area contributed by atoms with Gasteiger partial charge in [-0.05, 0) is 19.1 Å². The van der Waals surface area contributed by atoms with Crippen molar-refractivity contribution in [1.29, 1.82) is 0 Å². The predicted octanol–water partition coefficient (Wildman–Crippen LogP) is 0.793. The van der Waals surface area contributed by atoms with Crippen molar-refractivity contribution in [1.82, 2.24) is 14.5 Å². The number of para-hydroxylation sites is 1. The normalized spacial score (nSPS) is 10.6. The Bertz CT molecular complexity index is 659. The minimum Gasteiger partial charge on any atom is -0.347 e. The van der Waals surface area contributed by atoms with Gasteiger partial charge >= 0.3 is 0 Å². The first-order valence-corrected chi connectivity index (χ1v) is 5.67. The molecule has 0 bridgehead atoms. The zero-order chi connectivity index (χ0) is 13.3. The number of fused-ring (bicyclic) bond motifs is 1. The van der Waals surface area contributed by atoms with Crippen LogP contribution in [0.2, 0.25) is 0 Å². The van der Waals surface area contributed by atoms with E-state index in [4.69, 9.17) is 0 Å². The SMILES string of the molecule is Cc1nc(=O)c2ccccc2n1CC(=O)N(C)C. The third-order valence-corrected chi connectivity index (χ3v) is 2.87. The third-order valence-electron chi connectivity index (χ3n) is 2.87. The second-order valence-electron chi connectivity index (χ2n) is 4.36. The van der Waals surface area contributed by atoms with E-state index in [2.05, 4.69) is 4.98 Å². The van der Waals surface area contributed by atoms with Gasteiger partial charge in [-0.3, -0.25) is 9.59 Å². The number of aromatic nitrogens is 2. The summed E-state index contributed by atoms with van der Waals surface area (Å²) in [4.78, 5) is 29.0. The van der Waals surface area contributed by atoms with Crippen LogP contribution >= 0.6 is 0 Å². The molecule has 0 aliphatic carbocycles. The summed E-state index contributed by atoms with van der Waals surface area (Å²) < 4.78 is 1.76. The van der Waals surface area contributed by atoms with Crippen LogP contribution in [0.25, 0.3) is 10.9 Å². The van der Waals surface area contributed by atoms with Gasteiger partial charge in [-0.25, -0.2) is 0 Å². The molecule has 2 aromatic rings. The first-order chi connectivity index (χ1) is 8.50. The van der Waals surface area contributed by atoms with E-state index in [9.17, 15) is 9.59 Å². The monoisotopic (exact) mass is 245 g/mol. The van der Waals surface area contributed by atoms with E-state index < -0.39 is 0 Å². The third kappa shape index (κ3) is 2.11. The van der Waals surface area contributed by atoms with Crippen molar-refractivity contribution in [3.63, 3.8) is 0 Å². The molecule has 5 heteroatoms. The molecule has 18 heavy (non-hydrogen) atoms. The van der Waals surface area contributed by atoms with E-state index >= 15 is 0 Å². The average molecular weight is 245 g/mol. The molecule has 0 saturated carbocycles. The molecule has 94 valence electrons. The molecule has 0 atom stereocenters. The van der Waals surface area contributed by atoms with Crippen molar-refractivity contribution in [2.24, 2.45) is 0 Å². The highest BCUT2D eigenvalue weighted by molar-refractivity contribution is 5.81. The molecular weight excluding hydrogens is 230 g/mol. The standard InChI is InChI=1S/C13H15N3O2/c1-9-14-13(18)10-6-4-5-7-11(10)16(9)8-12(17)15(2)3/h4-7H,8H2,1-3H3. The van der Waals surface area contributed by atoms with E-state index in [-0.39, 0.29) is 18.0 Å². The Morgan fingerprint density at radius 1 is 1.33 bits per heavy atom. The summed E-state index contributed by atoms with van der Waals surface area (Å²) in [6.45, 7) is 1.92. The van der Waals surface area contributed by atoms with Gasteiger partial charge in [0.25, 0.3) is 5.56 Å². The fraction of sp³-hybridized carbons (Fsp3) is 0.308. The fourth-order valence-corrected chi connectivity index (χ4v) is 1.81. The zero-order valence-electron chi connectivity index (χ0n) is 10.7. The van der Waals surface area contributed by atoms with Gasteiger partial charge in [0.05, 0.1) is 10.9 Å². The molecule has 1 amide bonds. The molecule has 1 aromatic carbocycles. The van der Waals surface area contributed by atoms with Crippen LogP contribution in [0.3, 0.4) is 0 Å². The Labute approximate surface area is 105 Å². The number of hydrogen-bond acceptors (Lipinski definition) is 3. The van der Waals surface area contributed by atoms with Crippen molar-refractivity contribution in [3.05, 3.63) is 40.4 Å². The van der Waals surface area contributed by atoms with Gasteiger partial charge in [-0.1, -0.05) is 12.1 Å². The van der Waals surface area contributed by atoms with Crippen LogP contribution in [0.4, 0.5) is 0 Å². The molecule has 1 heterocycles. The number of carbonyl (C=O) groups is 1. The van der Waals surface area contributed by atoms with E-state index in [1.165, 1.54) is 4.90 Å². The minimum atomic E-state index is -0.253. The number of benzene rings is 1. The molecule has 0 saturated heterocycles. The van der Waals surface area contributed by atoms with Gasteiger partial charge in [0.1, 0.15) is 12.4 Å². The Balaban J connectivity index is 2.63. The Morgan fingerprint density at radius 3 is 2.67 bits per heavy atom. The summed E-state index contributed by atoms with van der Waals surface area (Å²) in [5.74, 6) is 0.516. The highest BCUT2D eigenvalue weighted by Gasteiger charge is 2.11. The number of amides is 1. The molecule has 0 radical (unpaired) electrons. The van der Waals surface area contributed by atoms with Gasteiger partial charge in [0, 0.05) is 14.1 Å². The maximum atomic E-state index is 11.8. The molecule has 5 nitrogen and oxygen atoms in total. The van der Waals surface area contributed by atoms with Crippen molar-refractivity contribution in [2.75, 3.05) is 14.1 Å². The van der Waals surface area contributed by atoms with Gasteiger partial charge in [-0.15, -0.1) is 0 Å². The quantitative estimate of drug-likeness (QED) is 0.786. The van der Waals surface area contributed by atoms with Crippen LogP contribution in [0, 0.1) is 6.92 Å². The molecule has 1 aromatic heterocycles. The van der Waals surface area contributed by atoms with Crippen molar-refractivity contribution >= 4 is 16.8 Å². The minimum absolute atomic E-state index is 0.0336. The van der Waals surface area contributed by atoms with Crippen molar-refractivity contribution in [2.45, 2.75) is 13.5 Å². The van der Waals surface area contributed by atoms with Crippen LogP contribution in [0.5, 0.6) is 0 Å². The Kier molecular flexibility index (Phi) is 3.14. The largest absolute Gasteiger partial charge is 0.347 e. The number of likely N-dealkylation sites (N-methyl/N-ethyl adjacent to an activating group) is 1. The maximum Gasteiger partial charge on any atom is 0.280 e. The lowest BCUT2D eigenvalue weighted by atomic mass is 10.2. The second-order valence-corrected chi connectivity index (χ2v) is 4.36. The number of hydrogen-bond donors (Lipinski definition) is 0. The first-order valence-electron chi connectivity index (χ1n) is 5.67. The second kappa shape index (κ2) is 4.60. The van der Waals surface area contributed by atoms with Gasteiger partial charge < -0.3 is 9.47 Å². The molecule has 0 N–H and O–H groups in total. The fourth-order valence-electron chi connectivity index (χ4n) is 1.81. The topological polar surface area (TPSA) is 55.2 Å². The highest BCUT2D eigenvalue weighted by atomic mass is 16.2. The zero-order valence-corrected chi connectivity index (χ0v) is 10.7. The summed E-state index contributed by atoms with van der Waals surface area (Å²) >= 11 is 0. The number of rotatable bonds is 2. The molecular formula is C13H15N3O2. The summed E-state index contributed by atoms with van der Waals surface area (Å²) in [5, 5.41) is 0.537. The summed E-state index contributed by atoms with van der Waals surface area (Å²) in [5.41, 5.74) is 0.488. The smallest absolute Gasteiger partial charge is 0.280 e. The molecule has 0 aliphatic heterocycles. The lowest BCUT2D eigenvalue weighted by Gasteiger charge is -2.16. The van der Waals surface area contributed by atoms with E-state index in [1.807, 2.05) is 12.1 Å². The summed E-state index contributed by atoms with van der Waals surface area (Å²) in [7, 11) is 3.41. The summed E-state index contributed by atoms with van der Waals surface area (Å²) in [6, 6.07) is 7.19. The van der Waals surface area contributed by atoms with E-state index in [0.717, 1.165) is 5.52 Å². The maximum absolute atomic E-state index is 11.8. The Hall–Kier alpha value is -2.17. The molecule has 0 unspecified atom stereocenters. The van der Waals surface area contributed by atoms with Gasteiger partial charge in [0.2, 0.25) is 5.91 Å². The number of aryl methyl sites for hydroxylation is 1. The molecule has 2 rings (SSSR count). The lowest BCUT2D eigenvalue weighted by molar-refractivity contribution is -0.129. The predicted molar refractivity (Wildman–Crippen MR) is 69.4 cm³/mol.